The molecule has 0 radical (unpaired) electrons. The topological polar surface area (TPSA) is 93.1 Å². The molecule has 136 valence electrons. The fourth-order valence-electron chi connectivity index (χ4n) is 2.33. The summed E-state index contributed by atoms with van der Waals surface area (Å²) in [5.74, 6) is -0.918. The average molecular weight is 383 g/mol. The maximum atomic E-state index is 12.6. The number of halogens is 1. The van der Waals surface area contributed by atoms with Crippen molar-refractivity contribution in [3.63, 3.8) is 0 Å². The van der Waals surface area contributed by atoms with Gasteiger partial charge in [0.1, 0.15) is 5.69 Å². The van der Waals surface area contributed by atoms with Crippen LogP contribution in [0.4, 0.5) is 11.4 Å². The second-order valence-electron chi connectivity index (χ2n) is 5.64. The molecule has 0 aliphatic heterocycles. The van der Waals surface area contributed by atoms with E-state index in [2.05, 4.69) is 15.7 Å². The Kier molecular flexibility index (Phi) is 5.33. The smallest absolute Gasteiger partial charge is 0.276 e. The van der Waals surface area contributed by atoms with Crippen LogP contribution in [0.1, 0.15) is 20.8 Å². The summed E-state index contributed by atoms with van der Waals surface area (Å²) in [4.78, 5) is 36.4. The van der Waals surface area contributed by atoms with Gasteiger partial charge in [0.25, 0.3) is 17.4 Å². The molecule has 27 heavy (non-hydrogen) atoms. The molecule has 0 spiro atoms. The molecule has 2 amide bonds. The Morgan fingerprint density at radius 1 is 0.926 bits per heavy atom. The fourth-order valence-corrected chi connectivity index (χ4v) is 2.46. The van der Waals surface area contributed by atoms with E-state index in [0.717, 1.165) is 4.68 Å². The van der Waals surface area contributed by atoms with Gasteiger partial charge in [0.05, 0.1) is 11.3 Å². The van der Waals surface area contributed by atoms with Crippen LogP contribution in [0.2, 0.25) is 5.02 Å². The summed E-state index contributed by atoms with van der Waals surface area (Å²) >= 11 is 5.84. The van der Waals surface area contributed by atoms with E-state index in [1.54, 1.807) is 48.5 Å². The van der Waals surface area contributed by atoms with Crippen molar-refractivity contribution in [2.75, 3.05) is 10.6 Å². The quantitative estimate of drug-likeness (QED) is 0.725. The summed E-state index contributed by atoms with van der Waals surface area (Å²) in [5, 5.41) is 9.85. The highest BCUT2D eigenvalue weighted by atomic mass is 35.5. The van der Waals surface area contributed by atoms with E-state index in [0.29, 0.717) is 16.4 Å². The summed E-state index contributed by atoms with van der Waals surface area (Å²) in [5.41, 5.74) is 0.916. The number of benzene rings is 2. The van der Waals surface area contributed by atoms with Gasteiger partial charge in [0.15, 0.2) is 0 Å². The van der Waals surface area contributed by atoms with Gasteiger partial charge in [-0.1, -0.05) is 23.7 Å². The van der Waals surface area contributed by atoms with E-state index in [-0.39, 0.29) is 22.7 Å². The predicted octanol–water partition coefficient (Wildman–Crippen LogP) is 2.94. The number of hydrogen-bond acceptors (Lipinski definition) is 4. The second kappa shape index (κ2) is 7.84. The minimum Gasteiger partial charge on any atom is -0.322 e. The number of para-hydroxylation sites is 1. The molecule has 2 N–H and O–H groups in total. The predicted molar refractivity (Wildman–Crippen MR) is 103 cm³/mol. The van der Waals surface area contributed by atoms with Gasteiger partial charge in [-0.2, -0.15) is 5.10 Å². The van der Waals surface area contributed by atoms with Crippen LogP contribution >= 0.6 is 11.6 Å². The van der Waals surface area contributed by atoms with E-state index >= 15 is 0 Å². The van der Waals surface area contributed by atoms with Gasteiger partial charge in [0.2, 0.25) is 0 Å². The number of aryl methyl sites for hydroxylation is 1. The Balaban J connectivity index is 1.81. The van der Waals surface area contributed by atoms with E-state index in [1.807, 2.05) is 0 Å². The van der Waals surface area contributed by atoms with Gasteiger partial charge < -0.3 is 10.6 Å². The molecule has 2 aromatic carbocycles. The molecular weight excluding hydrogens is 368 g/mol. The molecule has 3 aromatic rings. The van der Waals surface area contributed by atoms with Gasteiger partial charge in [-0.15, -0.1) is 0 Å². The van der Waals surface area contributed by atoms with Crippen LogP contribution in [-0.2, 0) is 7.05 Å². The van der Waals surface area contributed by atoms with Gasteiger partial charge >= 0.3 is 0 Å². The maximum Gasteiger partial charge on any atom is 0.276 e. The van der Waals surface area contributed by atoms with Crippen molar-refractivity contribution in [3.8, 4) is 0 Å². The number of carbonyl (C=O) groups excluding carboxylic acids is 2. The van der Waals surface area contributed by atoms with Crippen LogP contribution in [0.3, 0.4) is 0 Å². The summed E-state index contributed by atoms with van der Waals surface area (Å²) in [6.07, 6.45) is 0. The molecule has 0 atom stereocenters. The molecule has 0 saturated carbocycles. The molecule has 8 heteroatoms. The lowest BCUT2D eigenvalue weighted by atomic mass is 10.1. The first-order chi connectivity index (χ1) is 12.9. The molecule has 1 heterocycles. The molecule has 3 rings (SSSR count). The van der Waals surface area contributed by atoms with Gasteiger partial charge in [-0.25, -0.2) is 4.68 Å². The normalized spacial score (nSPS) is 10.3. The Bertz CT molecular complexity index is 1060. The molecule has 0 fully saturated rings. The number of nitrogens with zero attached hydrogens (tertiary/aromatic N) is 2. The van der Waals surface area contributed by atoms with Crippen LogP contribution < -0.4 is 16.2 Å². The third-order valence-corrected chi connectivity index (χ3v) is 3.97. The Morgan fingerprint density at radius 2 is 1.63 bits per heavy atom. The highest BCUT2D eigenvalue weighted by molar-refractivity contribution is 6.30. The number of amides is 2. The zero-order valence-corrected chi connectivity index (χ0v) is 15.0. The van der Waals surface area contributed by atoms with Crippen molar-refractivity contribution in [3.05, 3.63) is 87.3 Å². The average Bonchev–Trinajstić information content (AvgIpc) is 2.66. The van der Waals surface area contributed by atoms with Crippen molar-refractivity contribution in [2.24, 2.45) is 7.05 Å². The Hall–Kier alpha value is -3.45. The van der Waals surface area contributed by atoms with Gasteiger partial charge in [0, 0.05) is 23.8 Å². The largest absolute Gasteiger partial charge is 0.322 e. The lowest BCUT2D eigenvalue weighted by molar-refractivity contribution is 0.102. The van der Waals surface area contributed by atoms with Crippen molar-refractivity contribution in [1.82, 2.24) is 9.78 Å². The van der Waals surface area contributed by atoms with Crippen LogP contribution in [0, 0.1) is 0 Å². The second-order valence-corrected chi connectivity index (χ2v) is 6.08. The summed E-state index contributed by atoms with van der Waals surface area (Å²) in [6.45, 7) is 0. The molecule has 0 bridgehead atoms. The molecule has 7 nitrogen and oxygen atoms in total. The lowest BCUT2D eigenvalue weighted by Crippen LogP contribution is -2.24. The fraction of sp³-hybridized carbons (Fsp3) is 0.0526. The van der Waals surface area contributed by atoms with Crippen LogP contribution in [0.5, 0.6) is 0 Å². The standard InChI is InChI=1S/C19H15ClN4O3/c1-24-17(25)11-10-16(23-24)19(27)22-15-5-3-2-4-14(15)18(26)21-13-8-6-12(20)7-9-13/h2-11H,1H3,(H,21,26)(H,22,27). The minimum atomic E-state index is -0.530. The van der Waals surface area contributed by atoms with Crippen molar-refractivity contribution in [2.45, 2.75) is 0 Å². The van der Waals surface area contributed by atoms with Crippen LogP contribution in [0.15, 0.2) is 65.5 Å². The monoisotopic (exact) mass is 382 g/mol. The molecule has 0 aliphatic carbocycles. The van der Waals surface area contributed by atoms with E-state index in [4.69, 9.17) is 11.6 Å². The SMILES string of the molecule is Cn1nc(C(=O)Nc2ccccc2C(=O)Nc2ccc(Cl)cc2)ccc1=O. The first-order valence-corrected chi connectivity index (χ1v) is 8.33. The Morgan fingerprint density at radius 3 is 2.33 bits per heavy atom. The molecule has 0 aliphatic rings. The number of nitrogens with one attached hydrogen (secondary N) is 2. The number of hydrogen-bond donors (Lipinski definition) is 2. The van der Waals surface area contributed by atoms with Crippen molar-refractivity contribution >= 4 is 34.8 Å². The number of rotatable bonds is 4. The molecule has 1 aromatic heterocycles. The maximum absolute atomic E-state index is 12.6. The van der Waals surface area contributed by atoms with Crippen molar-refractivity contribution in [1.29, 1.82) is 0 Å². The molecule has 0 saturated heterocycles. The first-order valence-electron chi connectivity index (χ1n) is 7.96. The highest BCUT2D eigenvalue weighted by Crippen LogP contribution is 2.19. The van der Waals surface area contributed by atoms with Crippen molar-refractivity contribution < 1.29 is 9.59 Å². The van der Waals surface area contributed by atoms with Gasteiger partial charge in [-0.05, 0) is 42.5 Å². The third-order valence-electron chi connectivity index (χ3n) is 3.72. The highest BCUT2D eigenvalue weighted by Gasteiger charge is 2.15. The molecular formula is C19H15ClN4O3. The van der Waals surface area contributed by atoms with E-state index in [9.17, 15) is 14.4 Å². The summed E-state index contributed by atoms with van der Waals surface area (Å²) in [6, 6.07) is 15.8. The number of aromatic nitrogens is 2. The zero-order valence-electron chi connectivity index (χ0n) is 14.3. The van der Waals surface area contributed by atoms with Crippen LogP contribution in [0.25, 0.3) is 0 Å². The van der Waals surface area contributed by atoms with E-state index in [1.165, 1.54) is 19.2 Å². The van der Waals surface area contributed by atoms with E-state index < -0.39 is 5.91 Å². The summed E-state index contributed by atoms with van der Waals surface area (Å²) < 4.78 is 1.06. The minimum absolute atomic E-state index is 0.0602. The summed E-state index contributed by atoms with van der Waals surface area (Å²) in [7, 11) is 1.45. The number of carbonyl (C=O) groups is 2. The van der Waals surface area contributed by atoms with Gasteiger partial charge in [-0.3, -0.25) is 14.4 Å². The molecule has 0 unspecified atom stereocenters. The third kappa shape index (κ3) is 4.39. The Labute approximate surface area is 159 Å². The lowest BCUT2D eigenvalue weighted by Gasteiger charge is -2.11. The first kappa shape index (κ1) is 18.3. The van der Waals surface area contributed by atoms with Crippen LogP contribution in [-0.4, -0.2) is 21.6 Å². The zero-order chi connectivity index (χ0) is 19.4. The number of anilines is 2.